The summed E-state index contributed by atoms with van der Waals surface area (Å²) >= 11 is 0. The summed E-state index contributed by atoms with van der Waals surface area (Å²) in [4.78, 5) is 12.9. The Labute approximate surface area is 125 Å². The monoisotopic (exact) mass is 283 g/mol. The van der Waals surface area contributed by atoms with Gasteiger partial charge in [-0.1, -0.05) is 30.7 Å². The highest BCUT2D eigenvalue weighted by atomic mass is 15.2. The van der Waals surface area contributed by atoms with E-state index in [4.69, 9.17) is 5.73 Å². The van der Waals surface area contributed by atoms with Crippen molar-refractivity contribution in [3.63, 3.8) is 0 Å². The topological polar surface area (TPSA) is 76.7 Å². The molecule has 110 valence electrons. The number of rotatable bonds is 4. The largest absolute Gasteiger partial charge is 0.368 e. The molecule has 1 heterocycles. The molecule has 21 heavy (non-hydrogen) atoms. The van der Waals surface area contributed by atoms with Crippen LogP contribution in [0, 0.1) is 6.92 Å². The van der Waals surface area contributed by atoms with Crippen LogP contribution < -0.4 is 11.1 Å². The zero-order valence-corrected chi connectivity index (χ0v) is 12.6. The number of nitrogens with one attached hydrogen (secondary N) is 1. The molecule has 0 saturated carbocycles. The summed E-state index contributed by atoms with van der Waals surface area (Å²) in [6.07, 6.45) is 3.97. The van der Waals surface area contributed by atoms with E-state index in [1.165, 1.54) is 16.7 Å². The minimum atomic E-state index is 0.260. The lowest BCUT2D eigenvalue weighted by Crippen LogP contribution is -2.13. The molecule has 1 aliphatic rings. The van der Waals surface area contributed by atoms with Crippen LogP contribution in [-0.4, -0.2) is 15.0 Å². The Hall–Kier alpha value is -2.17. The molecule has 1 aliphatic carbocycles. The Balaban J connectivity index is 1.84. The Morgan fingerprint density at radius 3 is 2.95 bits per heavy atom. The van der Waals surface area contributed by atoms with E-state index in [0.717, 1.165) is 31.5 Å². The molecule has 3 rings (SSSR count). The van der Waals surface area contributed by atoms with Gasteiger partial charge in [0.25, 0.3) is 0 Å². The first-order chi connectivity index (χ1) is 10.2. The van der Waals surface area contributed by atoms with Gasteiger partial charge in [-0.3, -0.25) is 0 Å². The highest BCUT2D eigenvalue weighted by Gasteiger charge is 2.23. The molecule has 0 radical (unpaired) electrons. The normalized spacial score (nSPS) is 16.8. The van der Waals surface area contributed by atoms with E-state index >= 15 is 0 Å². The Bertz CT molecular complexity index is 653. The number of hydrogen-bond acceptors (Lipinski definition) is 5. The maximum atomic E-state index is 5.78. The second kappa shape index (κ2) is 5.68. The van der Waals surface area contributed by atoms with Gasteiger partial charge in [0.15, 0.2) is 0 Å². The van der Waals surface area contributed by atoms with Gasteiger partial charge in [-0.25, -0.2) is 0 Å². The molecule has 3 N–H and O–H groups in total. The minimum Gasteiger partial charge on any atom is -0.368 e. The van der Waals surface area contributed by atoms with Gasteiger partial charge in [0, 0.05) is 6.42 Å². The van der Waals surface area contributed by atoms with Crippen molar-refractivity contribution in [1.29, 1.82) is 0 Å². The van der Waals surface area contributed by atoms with Crippen molar-refractivity contribution in [1.82, 2.24) is 15.0 Å². The molecule has 2 aromatic rings. The molecule has 0 spiro atoms. The summed E-state index contributed by atoms with van der Waals surface area (Å²) in [5.41, 5.74) is 9.83. The van der Waals surface area contributed by atoms with Gasteiger partial charge in [-0.15, -0.1) is 0 Å². The van der Waals surface area contributed by atoms with Crippen molar-refractivity contribution in [3.8, 4) is 0 Å². The van der Waals surface area contributed by atoms with Gasteiger partial charge < -0.3 is 11.1 Å². The van der Waals surface area contributed by atoms with Crippen LogP contribution in [0.3, 0.4) is 0 Å². The number of anilines is 2. The fourth-order valence-corrected chi connectivity index (χ4v) is 2.87. The number of nitrogens with zero attached hydrogens (tertiary/aromatic N) is 3. The van der Waals surface area contributed by atoms with Crippen LogP contribution in [0.25, 0.3) is 0 Å². The standard InChI is InChI=1S/C16H21N5/c1-3-4-14-19-15(17)21-16(20-14)18-13-8-7-11-6-5-10(2)9-12(11)13/h5-6,9,13H,3-4,7-8H2,1-2H3,(H3,17,18,19,20,21). The van der Waals surface area contributed by atoms with Crippen molar-refractivity contribution in [2.45, 2.75) is 45.6 Å². The van der Waals surface area contributed by atoms with E-state index in [1.807, 2.05) is 0 Å². The molecule has 0 bridgehead atoms. The summed E-state index contributed by atoms with van der Waals surface area (Å²) in [6, 6.07) is 6.89. The van der Waals surface area contributed by atoms with Gasteiger partial charge in [0.05, 0.1) is 6.04 Å². The predicted molar refractivity (Wildman–Crippen MR) is 84.1 cm³/mol. The van der Waals surface area contributed by atoms with Crippen LogP contribution in [0.2, 0.25) is 0 Å². The molecule has 0 amide bonds. The van der Waals surface area contributed by atoms with Crippen LogP contribution in [0.15, 0.2) is 18.2 Å². The summed E-state index contributed by atoms with van der Waals surface area (Å²) in [5, 5.41) is 3.42. The van der Waals surface area contributed by atoms with Gasteiger partial charge >= 0.3 is 0 Å². The Kier molecular flexibility index (Phi) is 3.73. The van der Waals surface area contributed by atoms with Crippen molar-refractivity contribution in [2.75, 3.05) is 11.1 Å². The lowest BCUT2D eigenvalue weighted by molar-refractivity contribution is 0.741. The van der Waals surface area contributed by atoms with Gasteiger partial charge in [-0.2, -0.15) is 15.0 Å². The summed E-state index contributed by atoms with van der Waals surface area (Å²) < 4.78 is 0. The number of aryl methyl sites for hydroxylation is 3. The van der Waals surface area contributed by atoms with Gasteiger partial charge in [0.2, 0.25) is 11.9 Å². The van der Waals surface area contributed by atoms with E-state index in [1.54, 1.807) is 0 Å². The van der Waals surface area contributed by atoms with Gasteiger partial charge in [0.1, 0.15) is 5.82 Å². The zero-order valence-electron chi connectivity index (χ0n) is 12.6. The van der Waals surface area contributed by atoms with Crippen molar-refractivity contribution < 1.29 is 0 Å². The van der Waals surface area contributed by atoms with Gasteiger partial charge in [-0.05, 0) is 37.3 Å². The molecule has 0 aliphatic heterocycles. The molecule has 5 heteroatoms. The number of benzene rings is 1. The molecule has 1 aromatic heterocycles. The van der Waals surface area contributed by atoms with Crippen LogP contribution in [-0.2, 0) is 12.8 Å². The molecule has 1 aromatic carbocycles. The third-order valence-electron chi connectivity index (χ3n) is 3.86. The number of nitrogen functional groups attached to an aromatic ring is 1. The first kappa shape index (κ1) is 13.8. The molecule has 0 saturated heterocycles. The summed E-state index contributed by atoms with van der Waals surface area (Å²) in [7, 11) is 0. The molecule has 0 fully saturated rings. The lowest BCUT2D eigenvalue weighted by Gasteiger charge is -2.15. The molecular formula is C16H21N5. The highest BCUT2D eigenvalue weighted by molar-refractivity contribution is 5.43. The molecule has 1 unspecified atom stereocenters. The first-order valence-corrected chi connectivity index (χ1v) is 7.52. The van der Waals surface area contributed by atoms with Crippen LogP contribution in [0.5, 0.6) is 0 Å². The Morgan fingerprint density at radius 1 is 1.29 bits per heavy atom. The number of aromatic nitrogens is 3. The lowest BCUT2D eigenvalue weighted by atomic mass is 10.1. The third kappa shape index (κ3) is 2.96. The predicted octanol–water partition coefficient (Wildman–Crippen LogP) is 2.81. The second-order valence-electron chi connectivity index (χ2n) is 5.62. The number of hydrogen-bond donors (Lipinski definition) is 2. The summed E-state index contributed by atoms with van der Waals surface area (Å²) in [6.45, 7) is 4.22. The van der Waals surface area contributed by atoms with E-state index in [9.17, 15) is 0 Å². The van der Waals surface area contributed by atoms with E-state index in [0.29, 0.717) is 11.9 Å². The molecule has 5 nitrogen and oxygen atoms in total. The van der Waals surface area contributed by atoms with Crippen LogP contribution in [0.1, 0.15) is 48.3 Å². The quantitative estimate of drug-likeness (QED) is 0.902. The minimum absolute atomic E-state index is 0.260. The molecule has 1 atom stereocenters. The summed E-state index contributed by atoms with van der Waals surface area (Å²) in [5.74, 6) is 1.64. The zero-order chi connectivity index (χ0) is 14.8. The Morgan fingerprint density at radius 2 is 2.14 bits per heavy atom. The molecular weight excluding hydrogens is 262 g/mol. The second-order valence-corrected chi connectivity index (χ2v) is 5.62. The average Bonchev–Trinajstić information content (AvgIpc) is 2.81. The van der Waals surface area contributed by atoms with Crippen LogP contribution in [0.4, 0.5) is 11.9 Å². The maximum Gasteiger partial charge on any atom is 0.228 e. The highest BCUT2D eigenvalue weighted by Crippen LogP contribution is 2.33. The first-order valence-electron chi connectivity index (χ1n) is 7.52. The van der Waals surface area contributed by atoms with Crippen molar-refractivity contribution in [2.24, 2.45) is 0 Å². The van der Waals surface area contributed by atoms with E-state index in [-0.39, 0.29) is 6.04 Å². The van der Waals surface area contributed by atoms with E-state index < -0.39 is 0 Å². The fraction of sp³-hybridized carbons (Fsp3) is 0.438. The van der Waals surface area contributed by atoms with Crippen LogP contribution >= 0.6 is 0 Å². The third-order valence-corrected chi connectivity index (χ3v) is 3.86. The van der Waals surface area contributed by atoms with E-state index in [2.05, 4.69) is 52.3 Å². The maximum absolute atomic E-state index is 5.78. The SMILES string of the molecule is CCCc1nc(N)nc(NC2CCc3ccc(C)cc32)n1. The fourth-order valence-electron chi connectivity index (χ4n) is 2.87. The number of nitrogens with two attached hydrogens (primary N) is 1. The average molecular weight is 283 g/mol. The van der Waals surface area contributed by atoms with Crippen molar-refractivity contribution in [3.05, 3.63) is 40.7 Å². The van der Waals surface area contributed by atoms with Crippen molar-refractivity contribution >= 4 is 11.9 Å². The smallest absolute Gasteiger partial charge is 0.228 e. The number of fused-ring (bicyclic) bond motifs is 1.